The van der Waals surface area contributed by atoms with Crippen molar-refractivity contribution in [3.8, 4) is 0 Å². The van der Waals surface area contributed by atoms with E-state index in [-0.39, 0.29) is 12.4 Å². The minimum Gasteiger partial charge on any atom is -0.379 e. The highest BCUT2D eigenvalue weighted by atomic mass is 35.5. The number of thiophene rings is 1. The lowest BCUT2D eigenvalue weighted by Gasteiger charge is -2.33. The fourth-order valence-electron chi connectivity index (χ4n) is 3.23. The first-order chi connectivity index (χ1) is 8.93. The summed E-state index contributed by atoms with van der Waals surface area (Å²) in [7, 11) is 0. The van der Waals surface area contributed by atoms with Crippen LogP contribution in [0.4, 0.5) is 0 Å². The van der Waals surface area contributed by atoms with Crippen molar-refractivity contribution in [2.75, 3.05) is 19.8 Å². The molecular formula is C14H23ClN2OS. The van der Waals surface area contributed by atoms with Gasteiger partial charge >= 0.3 is 0 Å². The van der Waals surface area contributed by atoms with Crippen molar-refractivity contribution < 1.29 is 4.74 Å². The van der Waals surface area contributed by atoms with E-state index in [2.05, 4.69) is 28.1 Å². The fourth-order valence-corrected chi connectivity index (χ4v) is 3.89. The van der Waals surface area contributed by atoms with Crippen LogP contribution in [0.25, 0.3) is 0 Å². The van der Waals surface area contributed by atoms with Crippen molar-refractivity contribution >= 4 is 23.7 Å². The molecule has 19 heavy (non-hydrogen) atoms. The molecule has 1 aromatic heterocycles. The van der Waals surface area contributed by atoms with Crippen LogP contribution in [0.3, 0.4) is 0 Å². The molecule has 1 aliphatic heterocycles. The van der Waals surface area contributed by atoms with Gasteiger partial charge in [-0.25, -0.2) is 0 Å². The van der Waals surface area contributed by atoms with Crippen LogP contribution in [0.2, 0.25) is 0 Å². The Balaban J connectivity index is 0.00000133. The van der Waals surface area contributed by atoms with Gasteiger partial charge in [-0.3, -0.25) is 0 Å². The predicted molar refractivity (Wildman–Crippen MR) is 82.1 cm³/mol. The lowest BCUT2D eigenvalue weighted by atomic mass is 9.94. The van der Waals surface area contributed by atoms with Crippen LogP contribution in [0, 0.1) is 5.92 Å². The molecule has 0 bridgehead atoms. The highest BCUT2D eigenvalue weighted by molar-refractivity contribution is 7.09. The summed E-state index contributed by atoms with van der Waals surface area (Å²) in [5.41, 5.74) is 0. The van der Waals surface area contributed by atoms with Gasteiger partial charge in [0.25, 0.3) is 0 Å². The zero-order valence-corrected chi connectivity index (χ0v) is 12.8. The summed E-state index contributed by atoms with van der Waals surface area (Å²) in [6, 6.07) is 5.56. The van der Waals surface area contributed by atoms with Crippen molar-refractivity contribution in [2.24, 2.45) is 5.92 Å². The largest absolute Gasteiger partial charge is 0.379 e. The molecule has 2 N–H and O–H groups in total. The molecule has 0 amide bonds. The molecule has 3 rings (SSSR count). The summed E-state index contributed by atoms with van der Waals surface area (Å²) < 4.78 is 5.60. The number of halogens is 1. The molecular weight excluding hydrogens is 280 g/mol. The van der Waals surface area contributed by atoms with Crippen LogP contribution in [-0.2, 0) is 11.3 Å². The normalized spacial score (nSPS) is 31.1. The molecule has 0 spiro atoms. The number of hydrogen-bond acceptors (Lipinski definition) is 4. The van der Waals surface area contributed by atoms with Gasteiger partial charge in [-0.05, 0) is 30.2 Å². The van der Waals surface area contributed by atoms with Gasteiger partial charge in [0.05, 0.1) is 13.2 Å². The van der Waals surface area contributed by atoms with E-state index < -0.39 is 0 Å². The number of nitrogens with one attached hydrogen (secondary N) is 2. The van der Waals surface area contributed by atoms with Gasteiger partial charge in [-0.15, -0.1) is 23.7 Å². The number of rotatable bonds is 4. The Morgan fingerprint density at radius 3 is 3.11 bits per heavy atom. The molecule has 0 radical (unpaired) electrons. The van der Waals surface area contributed by atoms with Gasteiger partial charge in [0, 0.05) is 30.1 Å². The smallest absolute Gasteiger partial charge is 0.0623 e. The van der Waals surface area contributed by atoms with Crippen molar-refractivity contribution in [3.05, 3.63) is 22.4 Å². The first kappa shape index (κ1) is 15.3. The minimum atomic E-state index is 0. The van der Waals surface area contributed by atoms with Crippen LogP contribution in [-0.4, -0.2) is 31.8 Å². The van der Waals surface area contributed by atoms with E-state index in [1.165, 1.54) is 24.1 Å². The van der Waals surface area contributed by atoms with Crippen molar-refractivity contribution in [1.82, 2.24) is 10.6 Å². The monoisotopic (exact) mass is 302 g/mol. The minimum absolute atomic E-state index is 0. The summed E-state index contributed by atoms with van der Waals surface area (Å²) in [6.45, 7) is 3.80. The van der Waals surface area contributed by atoms with Crippen molar-refractivity contribution in [1.29, 1.82) is 0 Å². The van der Waals surface area contributed by atoms with Crippen LogP contribution in [0.1, 0.15) is 24.1 Å². The Bertz CT molecular complexity index is 354. The Labute approximate surface area is 125 Å². The van der Waals surface area contributed by atoms with Gasteiger partial charge in [-0.2, -0.15) is 0 Å². The molecule has 1 saturated heterocycles. The SMILES string of the molecule is Cl.c1csc(CNC2CCCC2C2COCCN2)c1. The van der Waals surface area contributed by atoms with Gasteiger partial charge in [0.15, 0.2) is 0 Å². The topological polar surface area (TPSA) is 33.3 Å². The standard InChI is InChI=1S/C14H22N2OS.ClH/c1-4-12(14-10-17-7-6-15-14)13(5-1)16-9-11-3-2-8-18-11;/h2-3,8,12-16H,1,4-7,9-10H2;1H. The number of hydrogen-bond donors (Lipinski definition) is 2. The molecule has 3 unspecified atom stereocenters. The average Bonchev–Trinajstić information content (AvgIpc) is 3.09. The van der Waals surface area contributed by atoms with Gasteiger partial charge < -0.3 is 15.4 Å². The lowest BCUT2D eigenvalue weighted by molar-refractivity contribution is 0.0524. The first-order valence-electron chi connectivity index (χ1n) is 7.00. The maximum atomic E-state index is 5.60. The molecule has 108 valence electrons. The van der Waals surface area contributed by atoms with Gasteiger partial charge in [-0.1, -0.05) is 12.5 Å². The molecule has 2 heterocycles. The first-order valence-corrected chi connectivity index (χ1v) is 7.88. The summed E-state index contributed by atoms with van der Waals surface area (Å²) in [4.78, 5) is 1.44. The second kappa shape index (κ2) is 7.60. The van der Waals surface area contributed by atoms with Crippen LogP contribution in [0.5, 0.6) is 0 Å². The van der Waals surface area contributed by atoms with Crippen LogP contribution in [0.15, 0.2) is 17.5 Å². The van der Waals surface area contributed by atoms with E-state index in [9.17, 15) is 0 Å². The molecule has 3 nitrogen and oxygen atoms in total. The van der Waals surface area contributed by atoms with E-state index in [1.807, 2.05) is 11.3 Å². The third kappa shape index (κ3) is 3.92. The summed E-state index contributed by atoms with van der Waals surface area (Å²) in [6.07, 6.45) is 4.00. The second-order valence-electron chi connectivity index (χ2n) is 5.30. The maximum absolute atomic E-state index is 5.60. The Kier molecular flexibility index (Phi) is 6.10. The predicted octanol–water partition coefficient (Wildman–Crippen LogP) is 2.42. The highest BCUT2D eigenvalue weighted by Crippen LogP contribution is 2.29. The van der Waals surface area contributed by atoms with Crippen molar-refractivity contribution in [2.45, 2.75) is 37.9 Å². The maximum Gasteiger partial charge on any atom is 0.0623 e. The molecule has 1 aromatic rings. The third-order valence-electron chi connectivity index (χ3n) is 4.16. The zero-order chi connectivity index (χ0) is 12.2. The van der Waals surface area contributed by atoms with Crippen LogP contribution < -0.4 is 10.6 Å². The highest BCUT2D eigenvalue weighted by Gasteiger charge is 2.34. The van der Waals surface area contributed by atoms with Gasteiger partial charge in [0.1, 0.15) is 0 Å². The molecule has 2 fully saturated rings. The summed E-state index contributed by atoms with van der Waals surface area (Å²) in [5, 5.41) is 9.52. The zero-order valence-electron chi connectivity index (χ0n) is 11.1. The van der Waals surface area contributed by atoms with Gasteiger partial charge in [0.2, 0.25) is 0 Å². The average molecular weight is 303 g/mol. The quantitative estimate of drug-likeness (QED) is 0.896. The molecule has 3 atom stereocenters. The molecule has 1 saturated carbocycles. The molecule has 0 aromatic carbocycles. The Morgan fingerprint density at radius 1 is 1.42 bits per heavy atom. The molecule has 2 aliphatic rings. The van der Waals surface area contributed by atoms with E-state index >= 15 is 0 Å². The summed E-state index contributed by atoms with van der Waals surface area (Å²) >= 11 is 1.84. The number of ether oxygens (including phenoxy) is 1. The van der Waals surface area contributed by atoms with E-state index in [0.717, 1.165) is 32.2 Å². The Hall–Kier alpha value is -0.130. The van der Waals surface area contributed by atoms with Crippen LogP contribution >= 0.6 is 23.7 Å². The third-order valence-corrected chi connectivity index (χ3v) is 5.03. The summed E-state index contributed by atoms with van der Waals surface area (Å²) in [5.74, 6) is 0.741. The van der Waals surface area contributed by atoms with Crippen molar-refractivity contribution in [3.63, 3.8) is 0 Å². The Morgan fingerprint density at radius 2 is 2.37 bits per heavy atom. The number of morpholine rings is 1. The van der Waals surface area contributed by atoms with E-state index in [1.54, 1.807) is 0 Å². The van der Waals surface area contributed by atoms with E-state index in [0.29, 0.717) is 12.1 Å². The lowest BCUT2D eigenvalue weighted by Crippen LogP contribution is -2.50. The van der Waals surface area contributed by atoms with E-state index in [4.69, 9.17) is 4.74 Å². The second-order valence-corrected chi connectivity index (χ2v) is 6.33. The molecule has 5 heteroatoms. The fraction of sp³-hybridized carbons (Fsp3) is 0.714. The molecule has 1 aliphatic carbocycles.